The predicted octanol–water partition coefficient (Wildman–Crippen LogP) is 0.713. The Morgan fingerprint density at radius 1 is 1.57 bits per heavy atom. The molecule has 0 radical (unpaired) electrons. The summed E-state index contributed by atoms with van der Waals surface area (Å²) in [4.78, 5) is 13.0. The number of carboxylic acid groups (broad SMARTS) is 1. The zero-order valence-electron chi connectivity index (χ0n) is 8.48. The van der Waals surface area contributed by atoms with Crippen molar-refractivity contribution in [3.05, 3.63) is 0 Å². The number of carboxylic acids is 1. The van der Waals surface area contributed by atoms with Gasteiger partial charge < -0.3 is 9.84 Å². The van der Waals surface area contributed by atoms with Crippen molar-refractivity contribution in [1.29, 1.82) is 0 Å². The smallest absolute Gasteiger partial charge is 0.320 e. The van der Waals surface area contributed by atoms with Gasteiger partial charge in [-0.25, -0.2) is 0 Å². The van der Waals surface area contributed by atoms with E-state index in [1.165, 1.54) is 0 Å². The molecule has 1 aliphatic carbocycles. The zero-order valence-corrected chi connectivity index (χ0v) is 8.48. The van der Waals surface area contributed by atoms with Crippen molar-refractivity contribution < 1.29 is 14.6 Å². The zero-order chi connectivity index (χ0) is 10.1. The number of fused-ring (bicyclic) bond motifs is 1. The first-order valence-corrected chi connectivity index (χ1v) is 5.30. The standard InChI is InChI=1S/C10H17NO3/c1-7(10(12)13)11-5-6-14-9-4-2-3-8(9)11/h7-9H,2-6H2,1H3,(H,12,13). The van der Waals surface area contributed by atoms with E-state index in [9.17, 15) is 4.79 Å². The molecule has 2 aliphatic rings. The summed E-state index contributed by atoms with van der Waals surface area (Å²) < 4.78 is 5.63. The van der Waals surface area contributed by atoms with E-state index >= 15 is 0 Å². The summed E-state index contributed by atoms with van der Waals surface area (Å²) in [5, 5.41) is 8.97. The van der Waals surface area contributed by atoms with Crippen LogP contribution in [-0.4, -0.2) is 47.3 Å². The predicted molar refractivity (Wildman–Crippen MR) is 51.2 cm³/mol. The number of hydrogen-bond donors (Lipinski definition) is 1. The summed E-state index contributed by atoms with van der Waals surface area (Å²) in [6.07, 6.45) is 3.62. The molecule has 1 saturated heterocycles. The molecule has 0 spiro atoms. The van der Waals surface area contributed by atoms with E-state index in [2.05, 4.69) is 4.90 Å². The maximum atomic E-state index is 10.9. The van der Waals surface area contributed by atoms with E-state index in [0.29, 0.717) is 12.6 Å². The highest BCUT2D eigenvalue weighted by molar-refractivity contribution is 5.73. The van der Waals surface area contributed by atoms with Crippen LogP contribution in [0.4, 0.5) is 0 Å². The van der Waals surface area contributed by atoms with Gasteiger partial charge in [-0.05, 0) is 26.2 Å². The molecule has 4 heteroatoms. The quantitative estimate of drug-likeness (QED) is 0.711. The van der Waals surface area contributed by atoms with Crippen LogP contribution in [0, 0.1) is 0 Å². The molecule has 1 saturated carbocycles. The first-order chi connectivity index (χ1) is 6.70. The molecule has 3 atom stereocenters. The lowest BCUT2D eigenvalue weighted by molar-refractivity contribution is -0.148. The van der Waals surface area contributed by atoms with Gasteiger partial charge in [0.15, 0.2) is 0 Å². The molecule has 0 bridgehead atoms. The topological polar surface area (TPSA) is 49.8 Å². The normalized spacial score (nSPS) is 35.2. The number of ether oxygens (including phenoxy) is 1. The highest BCUT2D eigenvalue weighted by atomic mass is 16.5. The van der Waals surface area contributed by atoms with Crippen molar-refractivity contribution in [1.82, 2.24) is 4.90 Å². The summed E-state index contributed by atoms with van der Waals surface area (Å²) in [5.74, 6) is -0.724. The Labute approximate surface area is 83.8 Å². The molecular formula is C10H17NO3. The third-order valence-corrected chi connectivity index (χ3v) is 3.38. The van der Waals surface area contributed by atoms with E-state index in [4.69, 9.17) is 9.84 Å². The van der Waals surface area contributed by atoms with E-state index < -0.39 is 5.97 Å². The number of aliphatic carboxylic acids is 1. The molecule has 3 unspecified atom stereocenters. The lowest BCUT2D eigenvalue weighted by atomic mass is 10.1. The highest BCUT2D eigenvalue weighted by Crippen LogP contribution is 2.30. The number of nitrogens with zero attached hydrogens (tertiary/aromatic N) is 1. The van der Waals surface area contributed by atoms with Crippen molar-refractivity contribution in [2.45, 2.75) is 44.4 Å². The maximum absolute atomic E-state index is 10.9. The van der Waals surface area contributed by atoms with Crippen LogP contribution in [0.1, 0.15) is 26.2 Å². The number of carbonyl (C=O) groups is 1. The minimum Gasteiger partial charge on any atom is -0.480 e. The second-order valence-electron chi connectivity index (χ2n) is 4.16. The molecule has 0 aromatic carbocycles. The molecule has 1 heterocycles. The molecule has 14 heavy (non-hydrogen) atoms. The van der Waals surface area contributed by atoms with Gasteiger partial charge in [-0.3, -0.25) is 9.69 Å². The molecule has 80 valence electrons. The molecule has 2 rings (SSSR count). The van der Waals surface area contributed by atoms with Gasteiger partial charge in [0.05, 0.1) is 12.7 Å². The van der Waals surface area contributed by atoms with Crippen LogP contribution in [0.2, 0.25) is 0 Å². The molecule has 0 aromatic rings. The van der Waals surface area contributed by atoms with Crippen molar-refractivity contribution in [2.24, 2.45) is 0 Å². The van der Waals surface area contributed by atoms with Gasteiger partial charge in [-0.1, -0.05) is 0 Å². The first kappa shape index (κ1) is 9.93. The minimum absolute atomic E-state index is 0.283. The first-order valence-electron chi connectivity index (χ1n) is 5.30. The summed E-state index contributed by atoms with van der Waals surface area (Å²) >= 11 is 0. The molecule has 1 aliphatic heterocycles. The Morgan fingerprint density at radius 3 is 3.07 bits per heavy atom. The van der Waals surface area contributed by atoms with Crippen LogP contribution in [-0.2, 0) is 9.53 Å². The average Bonchev–Trinajstić information content (AvgIpc) is 2.63. The van der Waals surface area contributed by atoms with Crippen LogP contribution in [0.15, 0.2) is 0 Å². The van der Waals surface area contributed by atoms with Gasteiger partial charge in [0.1, 0.15) is 6.04 Å². The third kappa shape index (κ3) is 1.64. The number of hydrogen-bond acceptors (Lipinski definition) is 3. The van der Waals surface area contributed by atoms with Crippen molar-refractivity contribution >= 4 is 5.97 Å². The summed E-state index contributed by atoms with van der Waals surface area (Å²) in [7, 11) is 0. The molecule has 0 aromatic heterocycles. The fourth-order valence-corrected chi connectivity index (χ4v) is 2.58. The second-order valence-corrected chi connectivity index (χ2v) is 4.16. The Hall–Kier alpha value is -0.610. The average molecular weight is 199 g/mol. The molecule has 4 nitrogen and oxygen atoms in total. The SMILES string of the molecule is CC(C(=O)O)N1CCOC2CCCC21. The monoisotopic (exact) mass is 199 g/mol. The largest absolute Gasteiger partial charge is 0.480 e. The van der Waals surface area contributed by atoms with Gasteiger partial charge in [-0.2, -0.15) is 0 Å². The fourth-order valence-electron chi connectivity index (χ4n) is 2.58. The summed E-state index contributed by atoms with van der Waals surface area (Å²) in [5.41, 5.74) is 0. The van der Waals surface area contributed by atoms with Gasteiger partial charge in [0, 0.05) is 12.6 Å². The van der Waals surface area contributed by atoms with Crippen LogP contribution in [0.5, 0.6) is 0 Å². The second kappa shape index (κ2) is 3.87. The Kier molecular flexibility index (Phi) is 2.74. The molecule has 0 amide bonds. The van der Waals surface area contributed by atoms with Crippen LogP contribution in [0.3, 0.4) is 0 Å². The summed E-state index contributed by atoms with van der Waals surface area (Å²) in [6, 6.07) is -0.0284. The Bertz CT molecular complexity index is 231. The highest BCUT2D eigenvalue weighted by Gasteiger charge is 2.39. The minimum atomic E-state index is -0.724. The van der Waals surface area contributed by atoms with Crippen molar-refractivity contribution in [3.8, 4) is 0 Å². The van der Waals surface area contributed by atoms with Gasteiger partial charge in [0.2, 0.25) is 0 Å². The van der Waals surface area contributed by atoms with Gasteiger partial charge in [-0.15, -0.1) is 0 Å². The molecule has 2 fully saturated rings. The summed E-state index contributed by atoms with van der Waals surface area (Å²) in [6.45, 7) is 3.20. The molecule has 1 N–H and O–H groups in total. The fraction of sp³-hybridized carbons (Fsp3) is 0.900. The third-order valence-electron chi connectivity index (χ3n) is 3.38. The van der Waals surface area contributed by atoms with Gasteiger partial charge in [0.25, 0.3) is 0 Å². The van der Waals surface area contributed by atoms with E-state index in [1.807, 2.05) is 0 Å². The number of rotatable bonds is 2. The van der Waals surface area contributed by atoms with Gasteiger partial charge >= 0.3 is 5.97 Å². The molecular weight excluding hydrogens is 182 g/mol. The Balaban J connectivity index is 2.06. The van der Waals surface area contributed by atoms with Crippen molar-refractivity contribution in [2.75, 3.05) is 13.2 Å². The lowest BCUT2D eigenvalue weighted by Crippen LogP contribution is -2.54. The lowest BCUT2D eigenvalue weighted by Gasteiger charge is -2.39. The van der Waals surface area contributed by atoms with E-state index in [-0.39, 0.29) is 12.1 Å². The van der Waals surface area contributed by atoms with Crippen LogP contribution < -0.4 is 0 Å². The number of morpholine rings is 1. The van der Waals surface area contributed by atoms with Crippen LogP contribution >= 0.6 is 0 Å². The van der Waals surface area contributed by atoms with Crippen molar-refractivity contribution in [3.63, 3.8) is 0 Å². The maximum Gasteiger partial charge on any atom is 0.320 e. The van der Waals surface area contributed by atoms with Crippen LogP contribution in [0.25, 0.3) is 0 Å². The van der Waals surface area contributed by atoms with E-state index in [0.717, 1.165) is 25.8 Å². The Morgan fingerprint density at radius 2 is 2.36 bits per heavy atom. The van der Waals surface area contributed by atoms with E-state index in [1.54, 1.807) is 6.92 Å².